The Bertz CT molecular complexity index is 1500. The van der Waals surface area contributed by atoms with Crippen molar-refractivity contribution < 1.29 is 17.9 Å². The van der Waals surface area contributed by atoms with Crippen molar-refractivity contribution >= 4 is 50.5 Å². The molecule has 2 aromatic carbocycles. The second-order valence-electron chi connectivity index (χ2n) is 10.7. The van der Waals surface area contributed by atoms with Crippen molar-refractivity contribution in [1.29, 1.82) is 0 Å². The summed E-state index contributed by atoms with van der Waals surface area (Å²) < 4.78 is 32.1. The summed E-state index contributed by atoms with van der Waals surface area (Å²) in [5, 5.41) is 8.64. The molecule has 0 unspecified atom stereocenters. The Hall–Kier alpha value is -3.37. The molecule has 9 nitrogen and oxygen atoms in total. The topological polar surface area (TPSA) is 122 Å². The highest BCUT2D eigenvalue weighted by Crippen LogP contribution is 2.40. The van der Waals surface area contributed by atoms with Crippen LogP contribution in [-0.4, -0.2) is 42.7 Å². The van der Waals surface area contributed by atoms with Gasteiger partial charge in [-0.2, -0.15) is 4.98 Å². The first-order valence-electron chi connectivity index (χ1n) is 14.0. The van der Waals surface area contributed by atoms with Gasteiger partial charge in [-0.1, -0.05) is 43.0 Å². The number of hydrogen-bond donors (Lipinski definition) is 3. The highest BCUT2D eigenvalue weighted by molar-refractivity contribution is 7.92. The third kappa shape index (κ3) is 7.11. The predicted octanol–water partition coefficient (Wildman–Crippen LogP) is 6.99. The van der Waals surface area contributed by atoms with E-state index in [1.165, 1.54) is 12.6 Å². The van der Waals surface area contributed by atoms with E-state index in [-0.39, 0.29) is 39.6 Å². The van der Waals surface area contributed by atoms with Crippen molar-refractivity contribution in [2.75, 3.05) is 17.7 Å². The summed E-state index contributed by atoms with van der Waals surface area (Å²) in [5.74, 6) is 1.13. The summed E-state index contributed by atoms with van der Waals surface area (Å²) in [6.45, 7) is 7.16. The molecule has 1 saturated carbocycles. The number of nitrogens with zero attached hydrogens (tertiary/aromatic N) is 2. The second-order valence-corrected chi connectivity index (χ2v) is 13.6. The summed E-state index contributed by atoms with van der Waals surface area (Å²) >= 11 is 6.43. The highest BCUT2D eigenvalue weighted by Gasteiger charge is 2.26. The largest absolute Gasteiger partial charge is 0.489 e. The van der Waals surface area contributed by atoms with Gasteiger partial charge in [-0.05, 0) is 76.3 Å². The number of halogens is 1. The SMILES string of the molecule is CNC(=O)c1cc(Nc2ncc(Cl)c(Nc3ccccc3S(=O)(=O)C(C)C)n2)c(OC(C)C)cc1C1CCCCC1. The molecular weight excluding hydrogens is 562 g/mol. The zero-order valence-corrected chi connectivity index (χ0v) is 25.7. The van der Waals surface area contributed by atoms with E-state index < -0.39 is 15.1 Å². The highest BCUT2D eigenvalue weighted by atomic mass is 35.5. The quantitative estimate of drug-likeness (QED) is 0.228. The number of rotatable bonds is 10. The molecule has 11 heteroatoms. The fraction of sp³-hybridized carbons (Fsp3) is 0.433. The van der Waals surface area contributed by atoms with Crippen molar-refractivity contribution in [2.24, 2.45) is 0 Å². The van der Waals surface area contributed by atoms with Crippen LogP contribution in [0.1, 0.15) is 81.6 Å². The smallest absolute Gasteiger partial charge is 0.251 e. The molecule has 0 saturated heterocycles. The van der Waals surface area contributed by atoms with Crippen molar-refractivity contribution in [2.45, 2.75) is 82.0 Å². The van der Waals surface area contributed by atoms with E-state index in [0.29, 0.717) is 22.7 Å². The number of sulfone groups is 1. The molecule has 0 bridgehead atoms. The van der Waals surface area contributed by atoms with Crippen LogP contribution in [0, 0.1) is 0 Å². The average Bonchev–Trinajstić information content (AvgIpc) is 2.95. The van der Waals surface area contributed by atoms with Crippen molar-refractivity contribution in [1.82, 2.24) is 15.3 Å². The molecule has 0 aliphatic heterocycles. The molecule has 220 valence electrons. The molecule has 1 aromatic heterocycles. The molecule has 1 aliphatic rings. The van der Waals surface area contributed by atoms with Gasteiger partial charge in [-0.25, -0.2) is 13.4 Å². The molecular formula is C30H38ClN5O4S. The minimum Gasteiger partial charge on any atom is -0.489 e. The lowest BCUT2D eigenvalue weighted by Crippen LogP contribution is -2.22. The molecule has 0 radical (unpaired) electrons. The van der Waals surface area contributed by atoms with Gasteiger partial charge in [0, 0.05) is 12.6 Å². The lowest BCUT2D eigenvalue weighted by Gasteiger charge is -2.26. The predicted molar refractivity (Wildman–Crippen MR) is 164 cm³/mol. The molecule has 1 heterocycles. The number of nitrogens with one attached hydrogen (secondary N) is 3. The maximum Gasteiger partial charge on any atom is 0.251 e. The molecule has 3 aromatic rings. The summed E-state index contributed by atoms with van der Waals surface area (Å²) in [6.07, 6.45) is 6.85. The molecule has 0 atom stereocenters. The first-order valence-corrected chi connectivity index (χ1v) is 15.9. The van der Waals surface area contributed by atoms with E-state index in [9.17, 15) is 13.2 Å². The van der Waals surface area contributed by atoms with E-state index in [1.807, 2.05) is 19.9 Å². The van der Waals surface area contributed by atoms with Gasteiger partial charge in [0.1, 0.15) is 10.8 Å². The van der Waals surface area contributed by atoms with E-state index in [1.54, 1.807) is 51.2 Å². The lowest BCUT2D eigenvalue weighted by molar-refractivity contribution is 0.0961. The Morgan fingerprint density at radius 2 is 1.73 bits per heavy atom. The van der Waals surface area contributed by atoms with Crippen LogP contribution in [0.3, 0.4) is 0 Å². The summed E-state index contributed by atoms with van der Waals surface area (Å²) in [6, 6.07) is 10.4. The van der Waals surface area contributed by atoms with Gasteiger partial charge in [-0.15, -0.1) is 0 Å². The van der Waals surface area contributed by atoms with Crippen LogP contribution in [0.4, 0.5) is 23.1 Å². The van der Waals surface area contributed by atoms with Gasteiger partial charge in [-0.3, -0.25) is 4.79 Å². The van der Waals surface area contributed by atoms with E-state index >= 15 is 0 Å². The minimum atomic E-state index is -3.56. The van der Waals surface area contributed by atoms with Crippen LogP contribution in [0.15, 0.2) is 47.5 Å². The minimum absolute atomic E-state index is 0.108. The Labute approximate surface area is 247 Å². The summed E-state index contributed by atoms with van der Waals surface area (Å²) in [4.78, 5) is 22.0. The number of hydrogen-bond acceptors (Lipinski definition) is 8. The molecule has 3 N–H and O–H groups in total. The third-order valence-corrected chi connectivity index (χ3v) is 9.58. The van der Waals surface area contributed by atoms with Crippen molar-refractivity contribution in [3.63, 3.8) is 0 Å². The fourth-order valence-electron chi connectivity index (χ4n) is 4.96. The Kier molecular flexibility index (Phi) is 9.76. The number of aromatic nitrogens is 2. The number of ether oxygens (including phenoxy) is 1. The van der Waals surface area contributed by atoms with Gasteiger partial charge >= 0.3 is 0 Å². The molecule has 41 heavy (non-hydrogen) atoms. The first kappa shape index (κ1) is 30.6. The number of para-hydroxylation sites is 1. The molecule has 1 amide bonds. The molecule has 4 rings (SSSR count). The Morgan fingerprint density at radius 1 is 1.02 bits per heavy atom. The Morgan fingerprint density at radius 3 is 2.39 bits per heavy atom. The van der Waals surface area contributed by atoms with Crippen LogP contribution in [-0.2, 0) is 9.84 Å². The maximum atomic E-state index is 13.0. The number of carbonyl (C=O) groups excluding carboxylic acids is 1. The first-order chi connectivity index (χ1) is 19.5. The third-order valence-electron chi connectivity index (χ3n) is 7.09. The van der Waals surface area contributed by atoms with Gasteiger partial charge in [0.15, 0.2) is 15.7 Å². The van der Waals surface area contributed by atoms with E-state index in [4.69, 9.17) is 16.3 Å². The zero-order valence-electron chi connectivity index (χ0n) is 24.1. The molecule has 0 spiro atoms. The molecule has 1 fully saturated rings. The summed E-state index contributed by atoms with van der Waals surface area (Å²) in [7, 11) is -1.94. The average molecular weight is 600 g/mol. The second kappa shape index (κ2) is 13.1. The summed E-state index contributed by atoms with van der Waals surface area (Å²) in [5.41, 5.74) is 2.45. The van der Waals surface area contributed by atoms with E-state index in [2.05, 4.69) is 25.9 Å². The van der Waals surface area contributed by atoms with Gasteiger partial charge in [0.2, 0.25) is 5.95 Å². The van der Waals surface area contributed by atoms with Crippen LogP contribution >= 0.6 is 11.6 Å². The lowest BCUT2D eigenvalue weighted by atomic mass is 9.81. The van der Waals surface area contributed by atoms with Gasteiger partial charge < -0.3 is 20.7 Å². The van der Waals surface area contributed by atoms with Crippen LogP contribution in [0.5, 0.6) is 5.75 Å². The normalized spacial score (nSPS) is 14.2. The standard InChI is InChI=1S/C30H38ClN5O4S/c1-18(2)40-26-16-21(20-11-7-6-8-12-20)22(29(37)32-5)15-25(26)35-30-33-17-23(31)28(36-30)34-24-13-9-10-14-27(24)41(38,39)19(3)4/h9-10,13-20H,6-8,11-12H2,1-5H3,(H,32,37)(H2,33,34,35,36). The Balaban J connectivity index is 1.73. The van der Waals surface area contributed by atoms with Gasteiger partial charge in [0.05, 0.1) is 33.8 Å². The zero-order chi connectivity index (χ0) is 29.7. The molecule has 1 aliphatic carbocycles. The number of amides is 1. The van der Waals surface area contributed by atoms with Crippen LogP contribution < -0.4 is 20.7 Å². The van der Waals surface area contributed by atoms with Crippen molar-refractivity contribution in [3.05, 3.63) is 58.7 Å². The monoisotopic (exact) mass is 599 g/mol. The van der Waals surface area contributed by atoms with Gasteiger partial charge in [0.25, 0.3) is 5.91 Å². The van der Waals surface area contributed by atoms with Crippen LogP contribution in [0.2, 0.25) is 5.02 Å². The van der Waals surface area contributed by atoms with Crippen molar-refractivity contribution in [3.8, 4) is 5.75 Å². The van der Waals surface area contributed by atoms with E-state index in [0.717, 1.165) is 31.2 Å². The van der Waals surface area contributed by atoms with Crippen LogP contribution in [0.25, 0.3) is 0 Å². The maximum absolute atomic E-state index is 13.0. The number of carbonyl (C=O) groups is 1. The number of anilines is 4. The number of benzene rings is 2. The fourth-order valence-corrected chi connectivity index (χ4v) is 6.30.